The largest absolute Gasteiger partial charge is 0.465 e. The Morgan fingerprint density at radius 2 is 2.16 bits per heavy atom. The molecule has 132 valence electrons. The Hall–Kier alpha value is -2.40. The number of benzene rings is 1. The highest BCUT2D eigenvalue weighted by Gasteiger charge is 2.38. The van der Waals surface area contributed by atoms with Gasteiger partial charge in [0.15, 0.2) is 0 Å². The van der Waals surface area contributed by atoms with Crippen molar-refractivity contribution in [3.8, 4) is 0 Å². The molecule has 4 atom stereocenters. The lowest BCUT2D eigenvalue weighted by Crippen LogP contribution is -2.53. The lowest BCUT2D eigenvalue weighted by molar-refractivity contribution is 0.0196. The zero-order valence-corrected chi connectivity index (χ0v) is 14.3. The average molecular weight is 339 g/mol. The molecule has 3 N–H and O–H groups in total. The molecule has 1 aromatic heterocycles. The van der Waals surface area contributed by atoms with E-state index in [1.807, 2.05) is 6.20 Å². The molecule has 0 spiro atoms. The van der Waals surface area contributed by atoms with Crippen molar-refractivity contribution in [3.05, 3.63) is 54.7 Å². The molecule has 2 aromatic rings. The van der Waals surface area contributed by atoms with E-state index in [9.17, 15) is 0 Å². The van der Waals surface area contributed by atoms with Gasteiger partial charge in [0.05, 0.1) is 5.52 Å². The van der Waals surface area contributed by atoms with Crippen LogP contribution in [0, 0.1) is 11.8 Å². The van der Waals surface area contributed by atoms with Gasteiger partial charge < -0.3 is 10.8 Å². The summed E-state index contributed by atoms with van der Waals surface area (Å²) in [6.45, 7) is 6.49. The van der Waals surface area contributed by atoms with Crippen molar-refractivity contribution in [2.24, 2.45) is 17.6 Å². The maximum atomic E-state index is 8.78. The fourth-order valence-electron chi connectivity index (χ4n) is 4.25. The summed E-state index contributed by atoms with van der Waals surface area (Å²) in [5.41, 5.74) is 6.60. The van der Waals surface area contributed by atoms with Crippen molar-refractivity contribution in [1.82, 2.24) is 9.88 Å². The Labute approximate surface area is 148 Å². The van der Waals surface area contributed by atoms with Gasteiger partial charge in [-0.1, -0.05) is 24.3 Å². The molecule has 0 aliphatic carbocycles. The molecule has 0 radical (unpaired) electrons. The number of aromatic nitrogens is 1. The lowest BCUT2D eigenvalue weighted by Gasteiger charge is -2.49. The number of amides is 1. The van der Waals surface area contributed by atoms with Crippen molar-refractivity contribution in [3.63, 3.8) is 0 Å². The summed E-state index contributed by atoms with van der Waals surface area (Å²) >= 11 is 0. The smallest absolute Gasteiger partial charge is 0.402 e. The summed E-state index contributed by atoms with van der Waals surface area (Å²) in [5, 5.41) is 8.52. The number of rotatable bonds is 3. The third kappa shape index (κ3) is 3.99. The standard InChI is InChI=1S/C19H22N2.CH3NO2/c1-2-14-13-21-10-8-15(14)11-17(21)12-16-7-9-20-19-6-4-3-5-18(16)19;2-1(3)4/h2-7,9,14-15,17H,1,8,10-13H2;2H2,(H,3,4)/t14-,15-,17-;/m0./s1. The molecule has 1 aromatic carbocycles. The van der Waals surface area contributed by atoms with E-state index in [1.165, 1.54) is 36.9 Å². The van der Waals surface area contributed by atoms with Crippen LogP contribution >= 0.6 is 0 Å². The number of hydrogen-bond acceptors (Lipinski definition) is 3. The first kappa shape index (κ1) is 17.4. The number of nitrogens with two attached hydrogens (primary N) is 1. The van der Waals surface area contributed by atoms with Gasteiger partial charge in [-0.25, -0.2) is 4.79 Å². The maximum Gasteiger partial charge on any atom is 0.402 e. The molecule has 25 heavy (non-hydrogen) atoms. The van der Waals surface area contributed by atoms with Crippen LogP contribution in [0.5, 0.6) is 0 Å². The third-order valence-electron chi connectivity index (χ3n) is 5.43. The molecule has 3 aliphatic heterocycles. The van der Waals surface area contributed by atoms with Gasteiger partial charge in [-0.2, -0.15) is 0 Å². The first-order chi connectivity index (χ1) is 12.1. The molecule has 3 aliphatic rings. The Morgan fingerprint density at radius 3 is 2.84 bits per heavy atom. The first-order valence-electron chi connectivity index (χ1n) is 8.76. The topological polar surface area (TPSA) is 79.5 Å². The fourth-order valence-corrected chi connectivity index (χ4v) is 4.25. The number of primary amides is 1. The van der Waals surface area contributed by atoms with Crippen LogP contribution < -0.4 is 5.73 Å². The second kappa shape index (κ2) is 7.66. The minimum Gasteiger partial charge on any atom is -0.465 e. The Bertz CT molecular complexity index is 752. The minimum atomic E-state index is -1.33. The van der Waals surface area contributed by atoms with Gasteiger partial charge >= 0.3 is 6.09 Å². The number of carbonyl (C=O) groups is 1. The number of piperidine rings is 3. The average Bonchev–Trinajstić information content (AvgIpc) is 2.62. The number of nitrogens with zero attached hydrogens (tertiary/aromatic N) is 2. The van der Waals surface area contributed by atoms with E-state index in [2.05, 4.69) is 58.6 Å². The number of carboxylic acid groups (broad SMARTS) is 1. The molecule has 5 nitrogen and oxygen atoms in total. The highest BCUT2D eigenvalue weighted by Crippen LogP contribution is 2.38. The van der Waals surface area contributed by atoms with Crippen LogP contribution in [0.25, 0.3) is 10.9 Å². The molecular formula is C20H25N3O2. The van der Waals surface area contributed by atoms with Crippen LogP contribution in [0.2, 0.25) is 0 Å². The maximum absolute atomic E-state index is 8.78. The van der Waals surface area contributed by atoms with Crippen LogP contribution in [-0.2, 0) is 6.42 Å². The monoisotopic (exact) mass is 339 g/mol. The minimum absolute atomic E-state index is 0.700. The number of hydrogen-bond donors (Lipinski definition) is 2. The molecule has 1 amide bonds. The van der Waals surface area contributed by atoms with Crippen LogP contribution in [0.3, 0.4) is 0 Å². The predicted octanol–water partition coefficient (Wildman–Crippen LogP) is 3.30. The molecule has 4 heterocycles. The second-order valence-corrected chi connectivity index (χ2v) is 6.86. The third-order valence-corrected chi connectivity index (χ3v) is 5.43. The van der Waals surface area contributed by atoms with Crippen molar-refractivity contribution in [1.29, 1.82) is 0 Å². The van der Waals surface area contributed by atoms with Crippen molar-refractivity contribution in [2.45, 2.75) is 25.3 Å². The number of para-hydroxylation sites is 1. The molecule has 0 saturated carbocycles. The van der Waals surface area contributed by atoms with Crippen molar-refractivity contribution >= 4 is 17.0 Å². The number of fused-ring (bicyclic) bond motifs is 4. The zero-order chi connectivity index (χ0) is 17.8. The highest BCUT2D eigenvalue weighted by atomic mass is 16.4. The molecule has 1 unspecified atom stereocenters. The van der Waals surface area contributed by atoms with Gasteiger partial charge in [-0.15, -0.1) is 6.58 Å². The molecule has 3 fully saturated rings. The molecule has 2 bridgehead atoms. The summed E-state index contributed by atoms with van der Waals surface area (Å²) in [6, 6.07) is 11.4. The van der Waals surface area contributed by atoms with Crippen molar-refractivity contribution in [2.75, 3.05) is 13.1 Å². The van der Waals surface area contributed by atoms with Gasteiger partial charge in [-0.3, -0.25) is 9.88 Å². The Balaban J connectivity index is 0.000000415. The summed E-state index contributed by atoms with van der Waals surface area (Å²) in [6.07, 6.45) is 6.64. The summed E-state index contributed by atoms with van der Waals surface area (Å²) < 4.78 is 0. The van der Waals surface area contributed by atoms with Crippen LogP contribution in [0.4, 0.5) is 4.79 Å². The highest BCUT2D eigenvalue weighted by molar-refractivity contribution is 5.81. The summed E-state index contributed by atoms with van der Waals surface area (Å²) in [5.74, 6) is 1.56. The fraction of sp³-hybridized carbons (Fsp3) is 0.400. The van der Waals surface area contributed by atoms with Gasteiger partial charge in [0.1, 0.15) is 0 Å². The van der Waals surface area contributed by atoms with E-state index in [-0.39, 0.29) is 0 Å². The van der Waals surface area contributed by atoms with Gasteiger partial charge in [0, 0.05) is 24.2 Å². The van der Waals surface area contributed by atoms with Gasteiger partial charge in [0.25, 0.3) is 0 Å². The predicted molar refractivity (Wildman–Crippen MR) is 99.4 cm³/mol. The SMILES string of the molecule is C=C[C@H]1CN2CC[C@H]1C[C@H]2Cc1ccnc2ccccc12.NC(=O)O. The Morgan fingerprint density at radius 1 is 1.40 bits per heavy atom. The molecule has 5 heteroatoms. The van der Waals surface area contributed by atoms with E-state index >= 15 is 0 Å². The van der Waals surface area contributed by atoms with Gasteiger partial charge in [-0.05, 0) is 55.3 Å². The van der Waals surface area contributed by atoms with E-state index in [1.54, 1.807) is 0 Å². The Kier molecular flexibility index (Phi) is 5.34. The van der Waals surface area contributed by atoms with Crippen LogP contribution in [0.1, 0.15) is 18.4 Å². The van der Waals surface area contributed by atoms with Crippen LogP contribution in [0.15, 0.2) is 49.2 Å². The van der Waals surface area contributed by atoms with Crippen LogP contribution in [-0.4, -0.2) is 40.2 Å². The lowest BCUT2D eigenvalue weighted by atomic mass is 9.74. The molecular weight excluding hydrogens is 314 g/mol. The van der Waals surface area contributed by atoms with E-state index in [4.69, 9.17) is 9.90 Å². The quantitative estimate of drug-likeness (QED) is 0.841. The van der Waals surface area contributed by atoms with Gasteiger partial charge in [0.2, 0.25) is 0 Å². The van der Waals surface area contributed by atoms with E-state index in [0.717, 1.165) is 17.9 Å². The zero-order valence-electron chi connectivity index (χ0n) is 14.3. The van der Waals surface area contributed by atoms with E-state index in [0.29, 0.717) is 12.0 Å². The van der Waals surface area contributed by atoms with Crippen molar-refractivity contribution < 1.29 is 9.90 Å². The summed E-state index contributed by atoms with van der Waals surface area (Å²) in [7, 11) is 0. The molecule has 3 saturated heterocycles. The second-order valence-electron chi connectivity index (χ2n) is 6.86. The first-order valence-corrected chi connectivity index (χ1v) is 8.76. The van der Waals surface area contributed by atoms with E-state index < -0.39 is 6.09 Å². The molecule has 5 rings (SSSR count). The number of pyridine rings is 1. The summed E-state index contributed by atoms with van der Waals surface area (Å²) in [4.78, 5) is 15.9. The normalized spacial score (nSPS) is 27.4.